The van der Waals surface area contributed by atoms with Crippen LogP contribution in [0.4, 0.5) is 0 Å². The van der Waals surface area contributed by atoms with E-state index in [1.54, 1.807) is 12.1 Å². The van der Waals surface area contributed by atoms with Gasteiger partial charge in [0, 0.05) is 6.54 Å². The molecular formula is C23H51N9O3. The van der Waals surface area contributed by atoms with Crippen molar-refractivity contribution in [2.45, 2.75) is 57.4 Å². The molecule has 1 rings (SSSR count). The number of unbranched alkanes of at least 4 members (excludes halogenated alkanes) is 3. The van der Waals surface area contributed by atoms with Crippen molar-refractivity contribution in [2.75, 3.05) is 39.3 Å². The third kappa shape index (κ3) is 33.8. The standard InChI is InChI=1S/C8H11NO.C6H14N4O2.C5H14N2.C4H12N2/c9-6-5-7-1-3-8(10)4-2-7;7-4(5(11)12)2-1-3-10-6(8)9;6-4-2-1-3-5-7;5-3-1-2-4-6/h1-4,10H,5-6,9H2;4H,1-3,7H2,(H,11,12)(H4,8,9,10);1-7H2;1-6H2. The van der Waals surface area contributed by atoms with Gasteiger partial charge in [0.25, 0.3) is 0 Å². The van der Waals surface area contributed by atoms with E-state index < -0.39 is 12.0 Å². The summed E-state index contributed by atoms with van der Waals surface area (Å²) in [5, 5.41) is 17.3. The first-order valence-corrected chi connectivity index (χ1v) is 12.0. The molecular weight excluding hydrogens is 450 g/mol. The summed E-state index contributed by atoms with van der Waals surface area (Å²) in [5.74, 6) is -0.681. The molecule has 12 heteroatoms. The van der Waals surface area contributed by atoms with Crippen LogP contribution in [-0.2, 0) is 11.2 Å². The Morgan fingerprint density at radius 2 is 1.23 bits per heavy atom. The van der Waals surface area contributed by atoms with E-state index in [0.717, 1.165) is 58.3 Å². The Balaban J connectivity index is -0.000000405. The zero-order valence-corrected chi connectivity index (χ0v) is 21.2. The smallest absolute Gasteiger partial charge is 0.320 e. The van der Waals surface area contributed by atoms with Gasteiger partial charge in [-0.25, -0.2) is 0 Å². The Labute approximate surface area is 210 Å². The molecule has 0 radical (unpaired) electrons. The average molecular weight is 502 g/mol. The molecule has 18 N–H and O–H groups in total. The molecule has 0 aromatic heterocycles. The quantitative estimate of drug-likeness (QED) is 0.0846. The van der Waals surface area contributed by atoms with E-state index in [-0.39, 0.29) is 5.96 Å². The summed E-state index contributed by atoms with van der Waals surface area (Å²) in [6, 6.07) is 6.28. The number of carboxylic acid groups (broad SMARTS) is 1. The molecule has 0 bridgehead atoms. The molecule has 1 aromatic carbocycles. The second-order valence-electron chi connectivity index (χ2n) is 7.52. The Hall–Kier alpha value is -2.48. The Bertz CT molecular complexity index is 590. The van der Waals surface area contributed by atoms with E-state index in [2.05, 4.69) is 4.99 Å². The lowest BCUT2D eigenvalue weighted by molar-refractivity contribution is -0.138. The van der Waals surface area contributed by atoms with Crippen molar-refractivity contribution >= 4 is 11.9 Å². The highest BCUT2D eigenvalue weighted by molar-refractivity contribution is 5.75. The third-order valence-corrected chi connectivity index (χ3v) is 4.22. The highest BCUT2D eigenvalue weighted by Crippen LogP contribution is 2.09. The zero-order valence-electron chi connectivity index (χ0n) is 21.2. The van der Waals surface area contributed by atoms with Gasteiger partial charge in [0.2, 0.25) is 0 Å². The van der Waals surface area contributed by atoms with Crippen molar-refractivity contribution in [1.29, 1.82) is 0 Å². The predicted molar refractivity (Wildman–Crippen MR) is 146 cm³/mol. The number of nitrogens with two attached hydrogens (primary N) is 8. The number of guanidine groups is 1. The van der Waals surface area contributed by atoms with Crippen LogP contribution in [0.3, 0.4) is 0 Å². The molecule has 1 aromatic rings. The second kappa shape index (κ2) is 29.6. The van der Waals surface area contributed by atoms with Gasteiger partial charge >= 0.3 is 5.97 Å². The normalized spacial score (nSPS) is 10.3. The maximum Gasteiger partial charge on any atom is 0.320 e. The summed E-state index contributed by atoms with van der Waals surface area (Å²) in [7, 11) is 0. The number of aromatic hydroxyl groups is 1. The minimum atomic E-state index is -1.00. The molecule has 35 heavy (non-hydrogen) atoms. The fourth-order valence-corrected chi connectivity index (χ4v) is 2.23. The van der Waals surface area contributed by atoms with Crippen LogP contribution in [0.2, 0.25) is 0 Å². The topological polar surface area (TPSA) is 278 Å². The van der Waals surface area contributed by atoms with Gasteiger partial charge in [0.15, 0.2) is 5.96 Å². The molecule has 0 saturated carbocycles. The lowest BCUT2D eigenvalue weighted by Crippen LogP contribution is -2.30. The molecule has 206 valence electrons. The van der Waals surface area contributed by atoms with Gasteiger partial charge in [-0.15, -0.1) is 0 Å². The number of carbonyl (C=O) groups is 1. The van der Waals surface area contributed by atoms with Crippen molar-refractivity contribution in [3.05, 3.63) is 29.8 Å². The van der Waals surface area contributed by atoms with Crippen LogP contribution in [0.5, 0.6) is 5.75 Å². The molecule has 0 saturated heterocycles. The maximum atomic E-state index is 10.2. The first-order chi connectivity index (χ1) is 16.7. The van der Waals surface area contributed by atoms with E-state index in [9.17, 15) is 4.79 Å². The number of nitrogens with zero attached hydrogens (tertiary/aromatic N) is 1. The van der Waals surface area contributed by atoms with Gasteiger partial charge < -0.3 is 56.1 Å². The fraction of sp³-hybridized carbons (Fsp3) is 0.652. The Kier molecular flexibility index (Phi) is 31.3. The number of phenols is 1. The Morgan fingerprint density at radius 1 is 0.771 bits per heavy atom. The van der Waals surface area contributed by atoms with Crippen molar-refractivity contribution in [1.82, 2.24) is 0 Å². The minimum Gasteiger partial charge on any atom is -0.508 e. The molecule has 0 fully saturated rings. The van der Waals surface area contributed by atoms with Crippen LogP contribution >= 0.6 is 0 Å². The summed E-state index contributed by atoms with van der Waals surface area (Å²) < 4.78 is 0. The summed E-state index contributed by atoms with van der Waals surface area (Å²) in [4.78, 5) is 13.9. The molecule has 1 atom stereocenters. The molecule has 0 spiro atoms. The summed E-state index contributed by atoms with van der Waals surface area (Å²) in [6.45, 7) is 4.24. The van der Waals surface area contributed by atoms with Gasteiger partial charge in [0.1, 0.15) is 11.8 Å². The lowest BCUT2D eigenvalue weighted by atomic mass is 10.1. The third-order valence-electron chi connectivity index (χ3n) is 4.22. The number of benzene rings is 1. The second-order valence-corrected chi connectivity index (χ2v) is 7.52. The number of hydrogen-bond acceptors (Lipinski definition) is 9. The summed E-state index contributed by atoms with van der Waals surface area (Å²) >= 11 is 0. The van der Waals surface area contributed by atoms with Crippen molar-refractivity contribution in [3.8, 4) is 5.75 Å². The van der Waals surface area contributed by atoms with E-state index in [1.165, 1.54) is 12.0 Å². The lowest BCUT2D eigenvalue weighted by Gasteiger charge is -2.03. The average Bonchev–Trinajstić information content (AvgIpc) is 2.83. The minimum absolute atomic E-state index is 0.0129. The van der Waals surface area contributed by atoms with Crippen LogP contribution in [0, 0.1) is 0 Å². The van der Waals surface area contributed by atoms with Gasteiger partial charge in [-0.1, -0.05) is 18.6 Å². The van der Waals surface area contributed by atoms with E-state index in [1.807, 2.05) is 12.1 Å². The molecule has 12 nitrogen and oxygen atoms in total. The van der Waals surface area contributed by atoms with Gasteiger partial charge in [0.05, 0.1) is 0 Å². The molecule has 0 aliphatic heterocycles. The highest BCUT2D eigenvalue weighted by atomic mass is 16.4. The molecule has 0 aliphatic rings. The molecule has 1 unspecified atom stereocenters. The monoisotopic (exact) mass is 501 g/mol. The first-order valence-electron chi connectivity index (χ1n) is 12.0. The predicted octanol–water partition coefficient (Wildman–Crippen LogP) is -0.897. The van der Waals surface area contributed by atoms with Crippen molar-refractivity contribution in [2.24, 2.45) is 50.9 Å². The van der Waals surface area contributed by atoms with Gasteiger partial charge in [-0.2, -0.15) is 0 Å². The van der Waals surface area contributed by atoms with Crippen LogP contribution in [-0.4, -0.2) is 67.5 Å². The number of rotatable bonds is 14. The van der Waals surface area contributed by atoms with E-state index in [4.69, 9.17) is 56.1 Å². The highest BCUT2D eigenvalue weighted by Gasteiger charge is 2.09. The SMILES string of the molecule is NC(N)=NCCCC(N)C(=O)O.NCCCCCN.NCCCCN.NCCc1ccc(O)cc1. The number of phenolic OH excluding ortho intramolecular Hbond substituents is 1. The molecule has 0 heterocycles. The first kappa shape index (κ1) is 37.1. The van der Waals surface area contributed by atoms with Crippen molar-refractivity contribution < 1.29 is 15.0 Å². The van der Waals surface area contributed by atoms with Crippen LogP contribution in [0.15, 0.2) is 29.3 Å². The number of aliphatic imine (C=N–C) groups is 1. The fourth-order valence-electron chi connectivity index (χ4n) is 2.23. The molecule has 0 aliphatic carbocycles. The van der Waals surface area contributed by atoms with Crippen LogP contribution in [0.25, 0.3) is 0 Å². The van der Waals surface area contributed by atoms with Crippen LogP contribution < -0.4 is 45.9 Å². The maximum absolute atomic E-state index is 10.2. The largest absolute Gasteiger partial charge is 0.508 e. The number of aliphatic carboxylic acids is 1. The summed E-state index contributed by atoms with van der Waals surface area (Å²) in [5.41, 5.74) is 42.6. The number of carboxylic acids is 1. The van der Waals surface area contributed by atoms with Gasteiger partial charge in [-0.3, -0.25) is 9.79 Å². The van der Waals surface area contributed by atoms with E-state index in [0.29, 0.717) is 31.7 Å². The van der Waals surface area contributed by atoms with Crippen molar-refractivity contribution in [3.63, 3.8) is 0 Å². The van der Waals surface area contributed by atoms with Gasteiger partial charge in [-0.05, 0) is 95.4 Å². The Morgan fingerprint density at radius 3 is 1.60 bits per heavy atom. The zero-order chi connectivity index (χ0) is 27.3. The van der Waals surface area contributed by atoms with Crippen LogP contribution in [0.1, 0.15) is 50.5 Å². The number of hydrogen-bond donors (Lipinski definition) is 10. The van der Waals surface area contributed by atoms with E-state index >= 15 is 0 Å². The summed E-state index contributed by atoms with van der Waals surface area (Å²) in [6.07, 6.45) is 7.40. The molecule has 0 amide bonds.